The lowest BCUT2D eigenvalue weighted by Gasteiger charge is -2.13. The fourth-order valence-corrected chi connectivity index (χ4v) is 4.19. The van der Waals surface area contributed by atoms with Crippen LogP contribution in [0.1, 0.15) is 42.7 Å². The Hall–Kier alpha value is -3.64. The first-order valence-corrected chi connectivity index (χ1v) is 11.9. The molecule has 0 radical (unpaired) electrons. The molecular formula is C29H30FNO4. The number of fused-ring (bicyclic) bond motifs is 1. The number of nitrogens with two attached hydrogens (primary N) is 1. The molecule has 0 aliphatic heterocycles. The molecule has 2 N–H and O–H groups in total. The highest BCUT2D eigenvalue weighted by Crippen LogP contribution is 2.35. The Morgan fingerprint density at radius 3 is 2.57 bits per heavy atom. The average molecular weight is 476 g/mol. The Bertz CT molecular complexity index is 1330. The molecule has 0 aliphatic rings. The van der Waals surface area contributed by atoms with Gasteiger partial charge in [-0.05, 0) is 43.2 Å². The van der Waals surface area contributed by atoms with Gasteiger partial charge in [-0.15, -0.1) is 0 Å². The van der Waals surface area contributed by atoms with Crippen molar-refractivity contribution in [2.45, 2.75) is 46.3 Å². The van der Waals surface area contributed by atoms with Crippen molar-refractivity contribution in [2.24, 2.45) is 5.73 Å². The number of aryl methyl sites for hydroxylation is 1. The van der Waals surface area contributed by atoms with Gasteiger partial charge in [0, 0.05) is 40.6 Å². The normalized spacial score (nSPS) is 11.1. The monoisotopic (exact) mass is 475 g/mol. The number of halogens is 1. The summed E-state index contributed by atoms with van der Waals surface area (Å²) >= 11 is 0. The number of hydrogen-bond donors (Lipinski definition) is 1. The van der Waals surface area contributed by atoms with Gasteiger partial charge in [0.2, 0.25) is 0 Å². The molecule has 6 heteroatoms. The van der Waals surface area contributed by atoms with Gasteiger partial charge in [-0.1, -0.05) is 43.3 Å². The topological polar surface area (TPSA) is 74.7 Å². The van der Waals surface area contributed by atoms with Crippen molar-refractivity contribution in [3.05, 3.63) is 88.9 Å². The minimum absolute atomic E-state index is 0.113. The van der Waals surface area contributed by atoms with E-state index in [4.69, 9.17) is 19.6 Å². The number of hydrogen-bond acceptors (Lipinski definition) is 5. The zero-order chi connectivity index (χ0) is 24.8. The Morgan fingerprint density at radius 2 is 1.80 bits per heavy atom. The van der Waals surface area contributed by atoms with Gasteiger partial charge in [0.15, 0.2) is 0 Å². The number of carbonyl (C=O) groups is 1. The predicted octanol–water partition coefficient (Wildman–Crippen LogP) is 6.33. The average Bonchev–Trinajstić information content (AvgIpc) is 3.26. The Kier molecular flexibility index (Phi) is 7.83. The molecule has 0 fully saturated rings. The Balaban J connectivity index is 1.70. The molecule has 1 aromatic heterocycles. The first-order chi connectivity index (χ1) is 17.0. The second-order valence-corrected chi connectivity index (χ2v) is 8.39. The van der Waals surface area contributed by atoms with Crippen LogP contribution in [0.5, 0.6) is 5.75 Å². The molecule has 0 spiro atoms. The molecule has 4 aromatic rings. The Morgan fingerprint density at radius 1 is 1.00 bits per heavy atom. The summed E-state index contributed by atoms with van der Waals surface area (Å²) in [5, 5.41) is 0.891. The number of rotatable bonds is 10. The molecule has 1 heterocycles. The summed E-state index contributed by atoms with van der Waals surface area (Å²) in [6.07, 6.45) is 1.87. The van der Waals surface area contributed by atoms with Crippen LogP contribution in [0.25, 0.3) is 22.1 Å². The van der Waals surface area contributed by atoms with E-state index in [1.807, 2.05) is 42.5 Å². The van der Waals surface area contributed by atoms with Gasteiger partial charge >= 0.3 is 5.97 Å². The quantitative estimate of drug-likeness (QED) is 0.271. The minimum atomic E-state index is -0.345. The predicted molar refractivity (Wildman–Crippen MR) is 135 cm³/mol. The van der Waals surface area contributed by atoms with E-state index >= 15 is 4.39 Å². The van der Waals surface area contributed by atoms with Crippen LogP contribution in [0.3, 0.4) is 0 Å². The number of furan rings is 1. The highest BCUT2D eigenvalue weighted by Gasteiger charge is 2.17. The van der Waals surface area contributed by atoms with Gasteiger partial charge < -0.3 is 19.6 Å². The summed E-state index contributed by atoms with van der Waals surface area (Å²) in [5.41, 5.74) is 9.56. The van der Waals surface area contributed by atoms with E-state index < -0.39 is 0 Å². The third-order valence-electron chi connectivity index (χ3n) is 5.82. The van der Waals surface area contributed by atoms with Crippen molar-refractivity contribution >= 4 is 16.9 Å². The molecule has 0 saturated heterocycles. The van der Waals surface area contributed by atoms with Crippen LogP contribution in [-0.4, -0.2) is 12.6 Å². The summed E-state index contributed by atoms with van der Waals surface area (Å²) in [7, 11) is 0. The zero-order valence-electron chi connectivity index (χ0n) is 20.1. The molecule has 3 aromatic carbocycles. The summed E-state index contributed by atoms with van der Waals surface area (Å²) in [6, 6.07) is 18.5. The number of benzene rings is 3. The molecule has 0 atom stereocenters. The van der Waals surface area contributed by atoms with Gasteiger partial charge in [-0.3, -0.25) is 4.79 Å². The van der Waals surface area contributed by atoms with Crippen LogP contribution in [0.4, 0.5) is 4.39 Å². The summed E-state index contributed by atoms with van der Waals surface area (Å²) in [4.78, 5) is 12.0. The molecule has 0 aliphatic carbocycles. The van der Waals surface area contributed by atoms with Gasteiger partial charge in [-0.2, -0.15) is 0 Å². The maximum atomic E-state index is 15.3. The second kappa shape index (κ2) is 11.2. The van der Waals surface area contributed by atoms with Gasteiger partial charge in [0.05, 0.1) is 13.0 Å². The van der Waals surface area contributed by atoms with Crippen molar-refractivity contribution in [3.8, 4) is 16.9 Å². The maximum absolute atomic E-state index is 15.3. The van der Waals surface area contributed by atoms with Gasteiger partial charge in [-0.25, -0.2) is 4.39 Å². The fourth-order valence-electron chi connectivity index (χ4n) is 4.19. The molecule has 182 valence electrons. The van der Waals surface area contributed by atoms with Crippen LogP contribution in [-0.2, 0) is 35.5 Å². The Labute approximate surface area is 204 Å². The smallest absolute Gasteiger partial charge is 0.310 e. The molecule has 0 bridgehead atoms. The van der Waals surface area contributed by atoms with Gasteiger partial charge in [0.25, 0.3) is 0 Å². The summed E-state index contributed by atoms with van der Waals surface area (Å²) in [5.74, 6) is 0.821. The fraction of sp³-hybridized carbons (Fsp3) is 0.276. The van der Waals surface area contributed by atoms with Crippen molar-refractivity contribution in [3.63, 3.8) is 0 Å². The van der Waals surface area contributed by atoms with E-state index in [0.29, 0.717) is 34.6 Å². The highest BCUT2D eigenvalue weighted by molar-refractivity contribution is 5.94. The summed E-state index contributed by atoms with van der Waals surface area (Å²) < 4.78 is 32.6. The van der Waals surface area contributed by atoms with E-state index in [0.717, 1.165) is 35.1 Å². The standard InChI is InChI=1S/C29H30FNO4/c1-3-8-23-15-22-13-19(18-34-26-12-6-5-9-20(26)16-27(32)33-4-2)14-25(29(22)35-23)24-11-7-10-21(17-31)28(24)30/h5-7,9-15H,3-4,8,16-18,31H2,1-2H3. The van der Waals surface area contributed by atoms with Crippen LogP contribution in [0.15, 0.2) is 65.1 Å². The molecule has 0 unspecified atom stereocenters. The van der Waals surface area contributed by atoms with Crippen LogP contribution >= 0.6 is 0 Å². The van der Waals surface area contributed by atoms with E-state index in [-0.39, 0.29) is 31.4 Å². The van der Waals surface area contributed by atoms with Crippen molar-refractivity contribution in [2.75, 3.05) is 6.61 Å². The van der Waals surface area contributed by atoms with E-state index in [1.54, 1.807) is 25.1 Å². The van der Waals surface area contributed by atoms with E-state index in [2.05, 4.69) is 6.92 Å². The molecule has 0 saturated carbocycles. The molecule has 5 nitrogen and oxygen atoms in total. The molecule has 4 rings (SSSR count). The van der Waals surface area contributed by atoms with E-state index in [1.165, 1.54) is 0 Å². The number of para-hydroxylation sites is 1. The molecular weight excluding hydrogens is 445 g/mol. The minimum Gasteiger partial charge on any atom is -0.489 e. The van der Waals surface area contributed by atoms with E-state index in [9.17, 15) is 4.79 Å². The van der Waals surface area contributed by atoms with Crippen LogP contribution in [0, 0.1) is 5.82 Å². The van der Waals surface area contributed by atoms with Crippen LogP contribution in [0.2, 0.25) is 0 Å². The lowest BCUT2D eigenvalue weighted by atomic mass is 9.98. The third-order valence-corrected chi connectivity index (χ3v) is 5.82. The first kappa shape index (κ1) is 24.5. The number of ether oxygens (including phenoxy) is 2. The number of esters is 1. The zero-order valence-corrected chi connectivity index (χ0v) is 20.1. The maximum Gasteiger partial charge on any atom is 0.310 e. The lowest BCUT2D eigenvalue weighted by Crippen LogP contribution is -2.09. The third kappa shape index (κ3) is 5.54. The molecule has 35 heavy (non-hydrogen) atoms. The van der Waals surface area contributed by atoms with Crippen molar-refractivity contribution in [1.82, 2.24) is 0 Å². The largest absolute Gasteiger partial charge is 0.489 e. The highest BCUT2D eigenvalue weighted by atomic mass is 19.1. The van der Waals surface area contributed by atoms with Crippen LogP contribution < -0.4 is 10.5 Å². The summed E-state index contributed by atoms with van der Waals surface area (Å²) in [6.45, 7) is 4.56. The molecule has 0 amide bonds. The van der Waals surface area contributed by atoms with Crippen molar-refractivity contribution in [1.29, 1.82) is 0 Å². The van der Waals surface area contributed by atoms with Crippen molar-refractivity contribution < 1.29 is 23.1 Å². The first-order valence-electron chi connectivity index (χ1n) is 11.9. The lowest BCUT2D eigenvalue weighted by molar-refractivity contribution is -0.142. The number of carbonyl (C=O) groups excluding carboxylic acids is 1. The SMILES string of the molecule is CCCc1cc2cc(COc3ccccc3CC(=O)OCC)cc(-c3cccc(CN)c3F)c2o1. The second-order valence-electron chi connectivity index (χ2n) is 8.39. The van der Waals surface area contributed by atoms with Gasteiger partial charge in [0.1, 0.15) is 29.5 Å².